The number of carbonyl (C=O) groups excluding carboxylic acids is 2. The summed E-state index contributed by atoms with van der Waals surface area (Å²) in [6.45, 7) is 6.69. The van der Waals surface area contributed by atoms with Crippen LogP contribution in [0.15, 0.2) is 66.6 Å². The van der Waals surface area contributed by atoms with E-state index in [1.165, 1.54) is 9.78 Å². The SMILES string of the molecule is C=CCN(CC(=O)N1CCc2sccc2[C@H]1COc1ccc(Cl)c(C)c1)C(=O)c1ccccc1Cl. The van der Waals surface area contributed by atoms with Gasteiger partial charge >= 0.3 is 0 Å². The van der Waals surface area contributed by atoms with Gasteiger partial charge in [0.2, 0.25) is 5.91 Å². The van der Waals surface area contributed by atoms with Crippen LogP contribution in [0, 0.1) is 6.92 Å². The zero-order chi connectivity index (χ0) is 24.9. The number of fused-ring (bicyclic) bond motifs is 1. The fourth-order valence-corrected chi connectivity index (χ4v) is 5.45. The molecule has 0 saturated carbocycles. The number of amides is 2. The highest BCUT2D eigenvalue weighted by molar-refractivity contribution is 7.10. The second kappa shape index (κ2) is 11.3. The van der Waals surface area contributed by atoms with Crippen molar-refractivity contribution >= 4 is 46.4 Å². The Hall–Kier alpha value is -2.80. The summed E-state index contributed by atoms with van der Waals surface area (Å²) in [4.78, 5) is 31.3. The summed E-state index contributed by atoms with van der Waals surface area (Å²) in [6, 6.07) is 14.2. The maximum atomic E-state index is 13.6. The third-order valence-electron chi connectivity index (χ3n) is 6.02. The largest absolute Gasteiger partial charge is 0.491 e. The smallest absolute Gasteiger partial charge is 0.256 e. The number of thiophene rings is 1. The van der Waals surface area contributed by atoms with E-state index in [1.807, 2.05) is 29.3 Å². The molecular formula is C27H26Cl2N2O3S. The molecule has 5 nitrogen and oxygen atoms in total. The van der Waals surface area contributed by atoms with Gasteiger partial charge in [0.15, 0.2) is 0 Å². The van der Waals surface area contributed by atoms with Crippen molar-refractivity contribution in [2.75, 3.05) is 26.2 Å². The first-order valence-corrected chi connectivity index (χ1v) is 12.9. The van der Waals surface area contributed by atoms with Crippen molar-refractivity contribution in [3.8, 4) is 5.75 Å². The fourth-order valence-electron chi connectivity index (χ4n) is 4.19. The van der Waals surface area contributed by atoms with Crippen molar-refractivity contribution in [3.63, 3.8) is 0 Å². The lowest BCUT2D eigenvalue weighted by Gasteiger charge is -2.37. The molecule has 0 N–H and O–H groups in total. The Kier molecular flexibility index (Phi) is 8.16. The van der Waals surface area contributed by atoms with Crippen LogP contribution in [-0.2, 0) is 11.2 Å². The number of carbonyl (C=O) groups is 2. The molecule has 0 radical (unpaired) electrons. The number of hydrogen-bond acceptors (Lipinski definition) is 4. The van der Waals surface area contributed by atoms with E-state index in [-0.39, 0.29) is 30.9 Å². The molecule has 182 valence electrons. The van der Waals surface area contributed by atoms with Crippen LogP contribution in [0.2, 0.25) is 10.0 Å². The van der Waals surface area contributed by atoms with E-state index < -0.39 is 0 Å². The highest BCUT2D eigenvalue weighted by atomic mass is 35.5. The Morgan fingerprint density at radius 1 is 1.20 bits per heavy atom. The molecule has 0 aliphatic carbocycles. The highest BCUT2D eigenvalue weighted by Gasteiger charge is 2.33. The Morgan fingerprint density at radius 3 is 2.74 bits per heavy atom. The summed E-state index contributed by atoms with van der Waals surface area (Å²) in [6.07, 6.45) is 2.38. The van der Waals surface area contributed by atoms with Gasteiger partial charge in [0.1, 0.15) is 18.9 Å². The van der Waals surface area contributed by atoms with Gasteiger partial charge in [0, 0.05) is 23.0 Å². The molecule has 4 rings (SSSR count). The molecule has 1 aromatic heterocycles. The molecule has 35 heavy (non-hydrogen) atoms. The lowest BCUT2D eigenvalue weighted by molar-refractivity contribution is -0.135. The van der Waals surface area contributed by atoms with Crippen molar-refractivity contribution < 1.29 is 14.3 Å². The fraction of sp³-hybridized carbons (Fsp3) is 0.259. The molecule has 0 unspecified atom stereocenters. The summed E-state index contributed by atoms with van der Waals surface area (Å²) in [5.41, 5.74) is 2.38. The lowest BCUT2D eigenvalue weighted by atomic mass is 10.0. The molecule has 2 heterocycles. The summed E-state index contributed by atoms with van der Waals surface area (Å²) in [7, 11) is 0. The van der Waals surface area contributed by atoms with Crippen molar-refractivity contribution in [1.82, 2.24) is 9.80 Å². The minimum absolute atomic E-state index is 0.0773. The molecule has 0 bridgehead atoms. The monoisotopic (exact) mass is 528 g/mol. The van der Waals surface area contributed by atoms with Gasteiger partial charge in [-0.15, -0.1) is 17.9 Å². The summed E-state index contributed by atoms with van der Waals surface area (Å²) < 4.78 is 6.11. The van der Waals surface area contributed by atoms with Crippen LogP contribution in [-0.4, -0.2) is 47.9 Å². The third kappa shape index (κ3) is 5.72. The summed E-state index contributed by atoms with van der Waals surface area (Å²) >= 11 is 14.1. The van der Waals surface area contributed by atoms with E-state index >= 15 is 0 Å². The van der Waals surface area contributed by atoms with Crippen LogP contribution in [0.4, 0.5) is 0 Å². The average Bonchev–Trinajstić information content (AvgIpc) is 3.33. The van der Waals surface area contributed by atoms with E-state index in [0.717, 1.165) is 17.5 Å². The van der Waals surface area contributed by atoms with Gasteiger partial charge in [-0.1, -0.05) is 41.4 Å². The van der Waals surface area contributed by atoms with Gasteiger partial charge in [-0.3, -0.25) is 9.59 Å². The predicted octanol–water partition coefficient (Wildman–Crippen LogP) is 6.20. The normalized spacial score (nSPS) is 14.8. The number of nitrogens with zero attached hydrogens (tertiary/aromatic N) is 2. The molecule has 0 spiro atoms. The molecule has 0 fully saturated rings. The van der Waals surface area contributed by atoms with E-state index in [4.69, 9.17) is 27.9 Å². The molecule has 3 aromatic rings. The minimum atomic E-state index is -0.304. The average molecular weight is 529 g/mol. The van der Waals surface area contributed by atoms with Crippen molar-refractivity contribution in [1.29, 1.82) is 0 Å². The molecule has 1 atom stereocenters. The number of aryl methyl sites for hydroxylation is 1. The first-order chi connectivity index (χ1) is 16.9. The zero-order valence-corrected chi connectivity index (χ0v) is 21.7. The van der Waals surface area contributed by atoms with Gasteiger partial charge in [-0.2, -0.15) is 0 Å². The highest BCUT2D eigenvalue weighted by Crippen LogP contribution is 2.34. The predicted molar refractivity (Wildman–Crippen MR) is 142 cm³/mol. The second-order valence-corrected chi connectivity index (χ2v) is 10.1. The van der Waals surface area contributed by atoms with Gasteiger partial charge < -0.3 is 14.5 Å². The number of rotatable bonds is 8. The third-order valence-corrected chi connectivity index (χ3v) is 7.77. The lowest BCUT2D eigenvalue weighted by Crippen LogP contribution is -2.47. The van der Waals surface area contributed by atoms with Crippen LogP contribution in [0.25, 0.3) is 0 Å². The maximum absolute atomic E-state index is 13.6. The van der Waals surface area contributed by atoms with Crippen LogP contribution in [0.5, 0.6) is 5.75 Å². The van der Waals surface area contributed by atoms with Crippen LogP contribution in [0.1, 0.15) is 32.4 Å². The molecular weight excluding hydrogens is 503 g/mol. The number of ether oxygens (including phenoxy) is 1. The molecule has 1 aliphatic heterocycles. The van der Waals surface area contributed by atoms with Crippen molar-refractivity contribution in [2.24, 2.45) is 0 Å². The minimum Gasteiger partial charge on any atom is -0.491 e. The van der Waals surface area contributed by atoms with Gasteiger partial charge in [-0.25, -0.2) is 0 Å². The summed E-state index contributed by atoms with van der Waals surface area (Å²) in [5, 5.41) is 3.07. The number of halogens is 2. The van der Waals surface area contributed by atoms with Gasteiger partial charge in [-0.05, 0) is 66.2 Å². The standard InChI is InChI=1S/C27H26Cl2N2O3S/c1-3-12-30(27(33)20-6-4-5-7-23(20)29)16-26(32)31-13-10-25-21(11-14-35-25)24(31)17-34-19-8-9-22(28)18(2)15-19/h3-9,11,14-15,24H,1,10,12-13,16-17H2,2H3/t24-/m1/s1. The molecule has 8 heteroatoms. The maximum Gasteiger partial charge on any atom is 0.256 e. The molecule has 0 saturated heterocycles. The van der Waals surface area contributed by atoms with Crippen LogP contribution < -0.4 is 4.74 Å². The van der Waals surface area contributed by atoms with E-state index in [0.29, 0.717) is 34.5 Å². The summed E-state index contributed by atoms with van der Waals surface area (Å²) in [5.74, 6) is 0.246. The number of hydrogen-bond donors (Lipinski definition) is 0. The topological polar surface area (TPSA) is 49.9 Å². The Balaban J connectivity index is 1.54. The van der Waals surface area contributed by atoms with E-state index in [1.54, 1.807) is 47.7 Å². The molecule has 2 amide bonds. The quantitative estimate of drug-likeness (QED) is 0.327. The van der Waals surface area contributed by atoms with E-state index in [9.17, 15) is 9.59 Å². The van der Waals surface area contributed by atoms with E-state index in [2.05, 4.69) is 12.6 Å². The number of benzene rings is 2. The molecule has 1 aliphatic rings. The van der Waals surface area contributed by atoms with Crippen LogP contribution in [0.3, 0.4) is 0 Å². The zero-order valence-electron chi connectivity index (χ0n) is 19.4. The van der Waals surface area contributed by atoms with Gasteiger partial charge in [0.25, 0.3) is 5.91 Å². The van der Waals surface area contributed by atoms with Crippen molar-refractivity contribution in [2.45, 2.75) is 19.4 Å². The second-order valence-electron chi connectivity index (χ2n) is 8.33. The van der Waals surface area contributed by atoms with Gasteiger partial charge in [0.05, 0.1) is 16.6 Å². The Morgan fingerprint density at radius 2 is 2.00 bits per heavy atom. The Bertz CT molecular complexity index is 1240. The van der Waals surface area contributed by atoms with Crippen LogP contribution >= 0.6 is 34.5 Å². The van der Waals surface area contributed by atoms with Crippen molar-refractivity contribution in [3.05, 3.63) is 98.2 Å². The first-order valence-electron chi connectivity index (χ1n) is 11.3. The molecule has 2 aromatic carbocycles. The Labute approximate surface area is 219 Å². The first kappa shape index (κ1) is 25.3.